The minimum atomic E-state index is -0.656. The van der Waals surface area contributed by atoms with Crippen molar-refractivity contribution < 1.29 is 15.1 Å². The fourth-order valence-corrected chi connectivity index (χ4v) is 1.86. The van der Waals surface area contributed by atoms with E-state index in [1.807, 2.05) is 0 Å². The Labute approximate surface area is 109 Å². The fourth-order valence-electron chi connectivity index (χ4n) is 1.63. The zero-order valence-electron chi connectivity index (χ0n) is 9.54. The molecule has 0 saturated heterocycles. The quantitative estimate of drug-likeness (QED) is 0.398. The summed E-state index contributed by atoms with van der Waals surface area (Å²) in [5.74, 6) is 0. The van der Waals surface area contributed by atoms with E-state index in [9.17, 15) is 10.1 Å². The van der Waals surface area contributed by atoms with Crippen LogP contribution in [-0.4, -0.2) is 41.4 Å². The molecule has 7 nitrogen and oxygen atoms in total. The molecule has 0 aliphatic heterocycles. The predicted octanol–water partition coefficient (Wildman–Crippen LogP) is 0.621. The summed E-state index contributed by atoms with van der Waals surface area (Å²) in [4.78, 5) is 11.8. The summed E-state index contributed by atoms with van der Waals surface area (Å²) in [7, 11) is 0. The number of nitrogens with zero attached hydrogens (tertiary/aromatic N) is 2. The maximum absolute atomic E-state index is 10.9. The van der Waals surface area contributed by atoms with Gasteiger partial charge in [0.2, 0.25) is 0 Å². The SMILES string of the molecule is Nc1c(N(CCO)CCO)ccc(Cl)c1[N+](=O)[O-]. The number of aliphatic hydroxyl groups excluding tert-OH is 2. The molecule has 0 amide bonds. The van der Waals surface area contributed by atoms with Crippen LogP contribution in [0.4, 0.5) is 17.1 Å². The van der Waals surface area contributed by atoms with Crippen LogP contribution in [0.15, 0.2) is 12.1 Å². The van der Waals surface area contributed by atoms with Crippen molar-refractivity contribution in [3.63, 3.8) is 0 Å². The lowest BCUT2D eigenvalue weighted by atomic mass is 10.2. The van der Waals surface area contributed by atoms with Crippen molar-refractivity contribution in [3.05, 3.63) is 27.3 Å². The smallest absolute Gasteiger partial charge is 0.312 e. The van der Waals surface area contributed by atoms with Gasteiger partial charge in [0.15, 0.2) is 0 Å². The lowest BCUT2D eigenvalue weighted by Crippen LogP contribution is -2.30. The molecule has 8 heteroatoms. The molecule has 100 valence electrons. The van der Waals surface area contributed by atoms with Gasteiger partial charge in [-0.2, -0.15) is 0 Å². The Balaban J connectivity index is 3.23. The second-order valence-corrected chi connectivity index (χ2v) is 3.93. The van der Waals surface area contributed by atoms with Crippen LogP contribution >= 0.6 is 11.6 Å². The van der Waals surface area contributed by atoms with Crippen molar-refractivity contribution in [1.29, 1.82) is 0 Å². The van der Waals surface area contributed by atoms with Gasteiger partial charge in [0.25, 0.3) is 0 Å². The molecule has 1 aromatic carbocycles. The number of hydrogen-bond donors (Lipinski definition) is 3. The second kappa shape index (κ2) is 6.39. The molecule has 0 unspecified atom stereocenters. The molecule has 1 aromatic rings. The highest BCUT2D eigenvalue weighted by atomic mass is 35.5. The Morgan fingerprint density at radius 1 is 1.33 bits per heavy atom. The first-order valence-corrected chi connectivity index (χ1v) is 5.59. The molecular formula is C10H14ClN3O4. The number of nitro benzene ring substituents is 1. The minimum Gasteiger partial charge on any atom is -0.395 e. The molecule has 0 heterocycles. The van der Waals surface area contributed by atoms with Crippen molar-refractivity contribution in [2.24, 2.45) is 0 Å². The maximum Gasteiger partial charge on any atom is 0.312 e. The number of halogens is 1. The molecule has 0 aliphatic rings. The van der Waals surface area contributed by atoms with Gasteiger partial charge in [0.05, 0.1) is 23.8 Å². The molecule has 0 aliphatic carbocycles. The van der Waals surface area contributed by atoms with Gasteiger partial charge in [-0.3, -0.25) is 10.1 Å². The van der Waals surface area contributed by atoms with E-state index in [2.05, 4.69) is 0 Å². The predicted molar refractivity (Wildman–Crippen MR) is 68.9 cm³/mol. The van der Waals surface area contributed by atoms with Crippen molar-refractivity contribution in [1.82, 2.24) is 0 Å². The lowest BCUT2D eigenvalue weighted by Gasteiger charge is -2.24. The Morgan fingerprint density at radius 2 is 1.89 bits per heavy atom. The van der Waals surface area contributed by atoms with Crippen molar-refractivity contribution in [2.75, 3.05) is 36.9 Å². The molecule has 18 heavy (non-hydrogen) atoms. The van der Waals surface area contributed by atoms with Crippen LogP contribution in [0, 0.1) is 10.1 Å². The third-order valence-corrected chi connectivity index (χ3v) is 2.71. The summed E-state index contributed by atoms with van der Waals surface area (Å²) < 4.78 is 0. The third kappa shape index (κ3) is 3.00. The molecule has 0 spiro atoms. The molecule has 0 atom stereocenters. The van der Waals surface area contributed by atoms with E-state index < -0.39 is 4.92 Å². The summed E-state index contributed by atoms with van der Waals surface area (Å²) in [6.45, 7) is 0.110. The first kappa shape index (κ1) is 14.5. The highest BCUT2D eigenvalue weighted by Gasteiger charge is 2.22. The third-order valence-electron chi connectivity index (χ3n) is 2.41. The van der Waals surface area contributed by atoms with E-state index in [1.165, 1.54) is 12.1 Å². The first-order valence-electron chi connectivity index (χ1n) is 5.22. The van der Waals surface area contributed by atoms with Crippen molar-refractivity contribution in [3.8, 4) is 0 Å². The van der Waals surface area contributed by atoms with Crippen LogP contribution in [0.25, 0.3) is 0 Å². The van der Waals surface area contributed by atoms with Crippen LogP contribution in [0.2, 0.25) is 5.02 Å². The number of benzene rings is 1. The molecule has 4 N–H and O–H groups in total. The van der Waals surface area contributed by atoms with E-state index in [0.717, 1.165) is 0 Å². The van der Waals surface area contributed by atoms with E-state index in [-0.39, 0.29) is 42.7 Å². The lowest BCUT2D eigenvalue weighted by molar-refractivity contribution is -0.383. The Kier molecular flexibility index (Phi) is 5.14. The molecule has 0 bridgehead atoms. The van der Waals surface area contributed by atoms with E-state index in [1.54, 1.807) is 4.90 Å². The highest BCUT2D eigenvalue weighted by Crippen LogP contribution is 2.37. The summed E-state index contributed by atoms with van der Waals surface area (Å²) in [6.07, 6.45) is 0. The molecule has 0 saturated carbocycles. The van der Waals surface area contributed by atoms with Crippen molar-refractivity contribution >= 4 is 28.7 Å². The molecule has 0 radical (unpaired) electrons. The summed E-state index contributed by atoms with van der Waals surface area (Å²) in [6, 6.07) is 2.89. The molecule has 1 rings (SSSR count). The number of aliphatic hydroxyl groups is 2. The number of nitro groups is 1. The number of rotatable bonds is 6. The number of nitrogen functional groups attached to an aromatic ring is 1. The van der Waals surface area contributed by atoms with Gasteiger partial charge in [-0.15, -0.1) is 0 Å². The Bertz CT molecular complexity index is 435. The van der Waals surface area contributed by atoms with Crippen LogP contribution in [0.5, 0.6) is 0 Å². The van der Waals surface area contributed by atoms with E-state index in [0.29, 0.717) is 5.69 Å². The van der Waals surface area contributed by atoms with Gasteiger partial charge < -0.3 is 20.8 Å². The Morgan fingerprint density at radius 3 is 2.33 bits per heavy atom. The average Bonchev–Trinajstić information content (AvgIpc) is 2.28. The number of hydrogen-bond acceptors (Lipinski definition) is 6. The maximum atomic E-state index is 10.9. The van der Waals surface area contributed by atoms with Crippen LogP contribution in [-0.2, 0) is 0 Å². The minimum absolute atomic E-state index is 0.0470. The van der Waals surface area contributed by atoms with Gasteiger partial charge in [0.1, 0.15) is 10.7 Å². The van der Waals surface area contributed by atoms with E-state index in [4.69, 9.17) is 27.5 Å². The highest BCUT2D eigenvalue weighted by molar-refractivity contribution is 6.33. The summed E-state index contributed by atoms with van der Waals surface area (Å²) in [5, 5.41) is 28.7. The monoisotopic (exact) mass is 275 g/mol. The fraction of sp³-hybridized carbons (Fsp3) is 0.400. The number of anilines is 2. The van der Waals surface area contributed by atoms with Gasteiger partial charge in [-0.05, 0) is 12.1 Å². The van der Waals surface area contributed by atoms with E-state index >= 15 is 0 Å². The van der Waals surface area contributed by atoms with Crippen LogP contribution < -0.4 is 10.6 Å². The number of nitrogens with two attached hydrogens (primary N) is 1. The molecule has 0 fully saturated rings. The normalized spacial score (nSPS) is 10.4. The van der Waals surface area contributed by atoms with Gasteiger partial charge in [-0.1, -0.05) is 11.6 Å². The molecule has 0 aromatic heterocycles. The van der Waals surface area contributed by atoms with Gasteiger partial charge in [0, 0.05) is 13.1 Å². The first-order chi connectivity index (χ1) is 8.52. The zero-order chi connectivity index (χ0) is 13.7. The summed E-state index contributed by atoms with van der Waals surface area (Å²) >= 11 is 5.72. The van der Waals surface area contributed by atoms with Crippen molar-refractivity contribution in [2.45, 2.75) is 0 Å². The zero-order valence-corrected chi connectivity index (χ0v) is 10.3. The summed E-state index contributed by atoms with van der Waals surface area (Å²) in [5.41, 5.74) is 5.64. The standard InChI is InChI=1S/C10H14ClN3O4/c11-7-1-2-8(9(12)10(7)14(17)18)13(3-5-15)4-6-16/h1-2,15-16H,3-6,12H2. The largest absolute Gasteiger partial charge is 0.395 e. The van der Waals surface area contributed by atoms with Crippen LogP contribution in [0.1, 0.15) is 0 Å². The molecular weight excluding hydrogens is 262 g/mol. The second-order valence-electron chi connectivity index (χ2n) is 3.52. The van der Waals surface area contributed by atoms with Crippen LogP contribution in [0.3, 0.4) is 0 Å². The van der Waals surface area contributed by atoms with Gasteiger partial charge >= 0.3 is 5.69 Å². The topological polar surface area (TPSA) is 113 Å². The van der Waals surface area contributed by atoms with Gasteiger partial charge in [-0.25, -0.2) is 0 Å². The average molecular weight is 276 g/mol. The Hall–Kier alpha value is -1.57.